The number of rotatable bonds is 4. The Labute approximate surface area is 169 Å². The molecule has 0 radical (unpaired) electrons. The maximum absolute atomic E-state index is 5.27. The first-order valence-electron chi connectivity index (χ1n) is 11.0. The van der Waals surface area contributed by atoms with Crippen molar-refractivity contribution in [2.24, 2.45) is 4.99 Å². The van der Waals surface area contributed by atoms with Gasteiger partial charge in [0.05, 0.1) is 11.7 Å². The minimum atomic E-state index is 0.412. The molecule has 148 valence electrons. The van der Waals surface area contributed by atoms with E-state index in [1.54, 1.807) is 0 Å². The molecule has 2 aliphatic carbocycles. The van der Waals surface area contributed by atoms with E-state index in [0.717, 1.165) is 17.5 Å². The Morgan fingerprint density at radius 2 is 1.50 bits per heavy atom. The zero-order valence-corrected chi connectivity index (χ0v) is 16.8. The highest BCUT2D eigenvalue weighted by Crippen LogP contribution is 2.27. The number of aromatic nitrogens is 1. The summed E-state index contributed by atoms with van der Waals surface area (Å²) in [7, 11) is 0. The van der Waals surface area contributed by atoms with Crippen molar-refractivity contribution in [2.45, 2.75) is 76.3 Å². The molecule has 0 bridgehead atoms. The van der Waals surface area contributed by atoms with Crippen LogP contribution in [-0.2, 0) is 0 Å². The van der Waals surface area contributed by atoms with E-state index in [4.69, 9.17) is 4.99 Å². The SMILES string of the molecule is c1ccc(N(C(=NC2CCCCC2)NC2CCCCC2)c2ccccn2)cc1. The first kappa shape index (κ1) is 19.0. The van der Waals surface area contributed by atoms with Crippen LogP contribution in [0.3, 0.4) is 0 Å². The van der Waals surface area contributed by atoms with E-state index in [1.807, 2.05) is 12.3 Å². The Kier molecular flexibility index (Phi) is 6.59. The van der Waals surface area contributed by atoms with Gasteiger partial charge >= 0.3 is 0 Å². The Morgan fingerprint density at radius 1 is 0.821 bits per heavy atom. The summed E-state index contributed by atoms with van der Waals surface area (Å²) in [6.45, 7) is 0. The van der Waals surface area contributed by atoms with Gasteiger partial charge in [-0.3, -0.25) is 4.90 Å². The van der Waals surface area contributed by atoms with E-state index in [0.29, 0.717) is 12.1 Å². The second-order valence-corrected chi connectivity index (χ2v) is 8.08. The van der Waals surface area contributed by atoms with E-state index < -0.39 is 0 Å². The zero-order valence-electron chi connectivity index (χ0n) is 16.8. The summed E-state index contributed by atoms with van der Waals surface area (Å²) in [5.41, 5.74) is 1.11. The molecule has 0 aliphatic heterocycles. The van der Waals surface area contributed by atoms with Gasteiger partial charge in [-0.25, -0.2) is 9.98 Å². The number of anilines is 2. The van der Waals surface area contributed by atoms with Crippen LogP contribution in [-0.4, -0.2) is 23.0 Å². The number of nitrogens with one attached hydrogen (secondary N) is 1. The topological polar surface area (TPSA) is 40.5 Å². The molecule has 1 aromatic heterocycles. The lowest BCUT2D eigenvalue weighted by molar-refractivity contribution is 0.407. The van der Waals surface area contributed by atoms with Gasteiger partial charge in [-0.1, -0.05) is 62.8 Å². The van der Waals surface area contributed by atoms with Gasteiger partial charge in [-0.15, -0.1) is 0 Å². The van der Waals surface area contributed by atoms with E-state index >= 15 is 0 Å². The van der Waals surface area contributed by atoms with Crippen molar-refractivity contribution < 1.29 is 0 Å². The van der Waals surface area contributed by atoms with Gasteiger partial charge in [-0.05, 0) is 49.9 Å². The summed E-state index contributed by atoms with van der Waals surface area (Å²) in [6.07, 6.45) is 14.6. The molecule has 0 spiro atoms. The molecule has 2 aromatic rings. The molecule has 0 amide bonds. The second kappa shape index (κ2) is 9.72. The van der Waals surface area contributed by atoms with Crippen LogP contribution in [0.15, 0.2) is 59.7 Å². The van der Waals surface area contributed by atoms with Gasteiger partial charge in [0.1, 0.15) is 5.82 Å². The highest BCUT2D eigenvalue weighted by Gasteiger charge is 2.24. The Bertz CT molecular complexity index is 692. The maximum Gasteiger partial charge on any atom is 0.204 e. The van der Waals surface area contributed by atoms with Crippen LogP contribution >= 0.6 is 0 Å². The smallest absolute Gasteiger partial charge is 0.204 e. The molecule has 2 fully saturated rings. The lowest BCUT2D eigenvalue weighted by Crippen LogP contribution is -2.46. The van der Waals surface area contributed by atoms with Crippen molar-refractivity contribution >= 4 is 17.5 Å². The third-order valence-electron chi connectivity index (χ3n) is 5.92. The Balaban J connectivity index is 1.70. The van der Waals surface area contributed by atoms with Crippen LogP contribution in [0.25, 0.3) is 0 Å². The van der Waals surface area contributed by atoms with E-state index in [2.05, 4.69) is 57.7 Å². The summed E-state index contributed by atoms with van der Waals surface area (Å²) in [5.74, 6) is 1.90. The third-order valence-corrected chi connectivity index (χ3v) is 5.92. The lowest BCUT2D eigenvalue weighted by atomic mass is 9.95. The highest BCUT2D eigenvalue weighted by atomic mass is 15.3. The number of hydrogen-bond donors (Lipinski definition) is 1. The molecule has 2 saturated carbocycles. The number of pyridine rings is 1. The van der Waals surface area contributed by atoms with Crippen LogP contribution in [0, 0.1) is 0 Å². The molecule has 28 heavy (non-hydrogen) atoms. The lowest BCUT2D eigenvalue weighted by Gasteiger charge is -2.32. The van der Waals surface area contributed by atoms with Gasteiger partial charge in [0, 0.05) is 12.2 Å². The largest absolute Gasteiger partial charge is 0.353 e. The van der Waals surface area contributed by atoms with Crippen LogP contribution < -0.4 is 10.2 Å². The van der Waals surface area contributed by atoms with Gasteiger partial charge in [0.2, 0.25) is 5.96 Å². The standard InChI is InChI=1S/C24H32N4/c1-4-12-20(13-5-1)26-24(27-21-14-6-2-7-15-21)28(22-16-8-3-9-17-22)23-18-10-11-19-25-23/h3,8-11,16-21H,1-2,4-7,12-15H2,(H,26,27). The summed E-state index contributed by atoms with van der Waals surface area (Å²) in [5, 5.41) is 3.84. The summed E-state index contributed by atoms with van der Waals surface area (Å²) < 4.78 is 0. The quantitative estimate of drug-likeness (QED) is 0.539. The number of guanidine groups is 1. The first-order valence-corrected chi connectivity index (χ1v) is 11.0. The minimum Gasteiger partial charge on any atom is -0.353 e. The predicted molar refractivity (Wildman–Crippen MR) is 117 cm³/mol. The molecule has 4 heteroatoms. The molecule has 1 aromatic carbocycles. The first-order chi connectivity index (χ1) is 13.9. The number of benzene rings is 1. The highest BCUT2D eigenvalue weighted by molar-refractivity contribution is 6.02. The molecule has 4 nitrogen and oxygen atoms in total. The average Bonchev–Trinajstić information content (AvgIpc) is 2.77. The number of nitrogens with zero attached hydrogens (tertiary/aromatic N) is 3. The Hall–Kier alpha value is -2.36. The van der Waals surface area contributed by atoms with Gasteiger partial charge in [-0.2, -0.15) is 0 Å². The maximum atomic E-state index is 5.27. The number of hydrogen-bond acceptors (Lipinski definition) is 2. The van der Waals surface area contributed by atoms with E-state index in [9.17, 15) is 0 Å². The third kappa shape index (κ3) is 4.92. The van der Waals surface area contributed by atoms with Crippen LogP contribution in [0.2, 0.25) is 0 Å². The van der Waals surface area contributed by atoms with Crippen molar-refractivity contribution in [1.29, 1.82) is 0 Å². The monoisotopic (exact) mass is 376 g/mol. The molecular weight excluding hydrogens is 344 g/mol. The van der Waals surface area contributed by atoms with Crippen molar-refractivity contribution in [3.63, 3.8) is 0 Å². The van der Waals surface area contributed by atoms with Crippen LogP contribution in [0.4, 0.5) is 11.5 Å². The molecule has 1 heterocycles. The second-order valence-electron chi connectivity index (χ2n) is 8.08. The summed E-state index contributed by atoms with van der Waals surface area (Å²) in [6, 6.07) is 17.5. The fourth-order valence-corrected chi connectivity index (χ4v) is 4.40. The molecule has 2 aliphatic rings. The van der Waals surface area contributed by atoms with E-state index in [1.165, 1.54) is 64.2 Å². The van der Waals surface area contributed by atoms with Gasteiger partial charge < -0.3 is 5.32 Å². The fraction of sp³-hybridized carbons (Fsp3) is 0.500. The minimum absolute atomic E-state index is 0.412. The van der Waals surface area contributed by atoms with Gasteiger partial charge in [0.25, 0.3) is 0 Å². The molecular formula is C24H32N4. The van der Waals surface area contributed by atoms with Crippen molar-refractivity contribution in [2.75, 3.05) is 4.90 Å². The normalized spacial score (nSPS) is 19.4. The molecule has 4 rings (SSSR count). The van der Waals surface area contributed by atoms with Crippen LogP contribution in [0.5, 0.6) is 0 Å². The predicted octanol–water partition coefficient (Wildman–Crippen LogP) is 5.83. The number of aliphatic imine (C=N–C) groups is 1. The van der Waals surface area contributed by atoms with Crippen molar-refractivity contribution in [3.05, 3.63) is 54.7 Å². The van der Waals surface area contributed by atoms with E-state index in [-0.39, 0.29) is 0 Å². The van der Waals surface area contributed by atoms with Crippen LogP contribution in [0.1, 0.15) is 64.2 Å². The van der Waals surface area contributed by atoms with Crippen molar-refractivity contribution in [3.8, 4) is 0 Å². The molecule has 0 unspecified atom stereocenters. The zero-order chi connectivity index (χ0) is 19.0. The molecule has 0 saturated heterocycles. The summed E-state index contributed by atoms with van der Waals surface area (Å²) >= 11 is 0. The average molecular weight is 377 g/mol. The van der Waals surface area contributed by atoms with Gasteiger partial charge in [0.15, 0.2) is 0 Å². The van der Waals surface area contributed by atoms with Crippen molar-refractivity contribution in [1.82, 2.24) is 10.3 Å². The molecule has 1 N–H and O–H groups in total. The summed E-state index contributed by atoms with van der Waals surface area (Å²) in [4.78, 5) is 12.2. The number of para-hydroxylation sites is 1. The Morgan fingerprint density at radius 3 is 2.18 bits per heavy atom. The molecule has 0 atom stereocenters. The fourth-order valence-electron chi connectivity index (χ4n) is 4.40.